The van der Waals surface area contributed by atoms with Crippen LogP contribution in [0.25, 0.3) is 0 Å². The summed E-state index contributed by atoms with van der Waals surface area (Å²) in [6.07, 6.45) is -4.37. The Morgan fingerprint density at radius 2 is 1.76 bits per heavy atom. The van der Waals surface area contributed by atoms with Gasteiger partial charge in [-0.2, -0.15) is 13.2 Å². The quantitative estimate of drug-likeness (QED) is 0.824. The minimum atomic E-state index is -4.37. The average molecular weight is 311 g/mol. The van der Waals surface area contributed by atoms with Gasteiger partial charge in [-0.25, -0.2) is 0 Å². The number of alkyl halides is 3. The Bertz CT molecular complexity index is 623. The first-order valence-corrected chi connectivity index (χ1v) is 7.48. The maximum atomic E-state index is 13.0. The lowest BCUT2D eigenvalue weighted by molar-refractivity contribution is -0.138. The molecule has 21 heavy (non-hydrogen) atoms. The number of benzene rings is 2. The van der Waals surface area contributed by atoms with Crippen LogP contribution in [0.1, 0.15) is 22.3 Å². The normalized spacial score (nSPS) is 11.7. The molecule has 2 rings (SSSR count). The van der Waals surface area contributed by atoms with Crippen LogP contribution in [0.2, 0.25) is 0 Å². The summed E-state index contributed by atoms with van der Waals surface area (Å²) in [4.78, 5) is 0.600. The van der Waals surface area contributed by atoms with Crippen molar-refractivity contribution in [2.75, 3.05) is 0 Å². The van der Waals surface area contributed by atoms with Gasteiger partial charge in [0, 0.05) is 17.2 Å². The molecule has 1 nitrogen and oxygen atoms in total. The zero-order valence-corrected chi connectivity index (χ0v) is 12.4. The van der Waals surface area contributed by atoms with Crippen molar-refractivity contribution >= 4 is 11.8 Å². The van der Waals surface area contributed by atoms with Gasteiger partial charge in [0.1, 0.15) is 0 Å². The van der Waals surface area contributed by atoms with Crippen LogP contribution in [0.5, 0.6) is 0 Å². The molecule has 0 spiro atoms. The van der Waals surface area contributed by atoms with E-state index in [9.17, 15) is 13.2 Å². The maximum Gasteiger partial charge on any atom is 0.416 e. The highest BCUT2D eigenvalue weighted by Crippen LogP contribution is 2.35. The number of thioether (sulfide) groups is 1. The van der Waals surface area contributed by atoms with Gasteiger partial charge in [-0.05, 0) is 35.7 Å². The molecular formula is C16H16F3NS. The summed E-state index contributed by atoms with van der Waals surface area (Å²) >= 11 is 1.40. The average Bonchev–Trinajstić information content (AvgIpc) is 2.45. The van der Waals surface area contributed by atoms with Gasteiger partial charge < -0.3 is 5.73 Å². The molecule has 0 aliphatic carbocycles. The summed E-state index contributed by atoms with van der Waals surface area (Å²) in [5, 5.41) is 0. The number of halogens is 3. The van der Waals surface area contributed by atoms with Crippen molar-refractivity contribution in [2.45, 2.75) is 30.3 Å². The topological polar surface area (TPSA) is 26.0 Å². The van der Waals surface area contributed by atoms with Crippen molar-refractivity contribution in [3.63, 3.8) is 0 Å². The Kier molecular flexibility index (Phi) is 4.96. The molecule has 0 radical (unpaired) electrons. The van der Waals surface area contributed by atoms with E-state index in [0.717, 1.165) is 11.1 Å². The fraction of sp³-hybridized carbons (Fsp3) is 0.250. The molecule has 0 bridgehead atoms. The summed E-state index contributed by atoms with van der Waals surface area (Å²) in [7, 11) is 0. The van der Waals surface area contributed by atoms with Gasteiger partial charge in [-0.3, -0.25) is 0 Å². The molecule has 0 aromatic heterocycles. The van der Waals surface area contributed by atoms with Gasteiger partial charge in [0.25, 0.3) is 0 Å². The highest BCUT2D eigenvalue weighted by atomic mass is 32.2. The van der Waals surface area contributed by atoms with E-state index in [1.54, 1.807) is 6.07 Å². The lowest BCUT2D eigenvalue weighted by atomic mass is 10.1. The second kappa shape index (κ2) is 6.54. The van der Waals surface area contributed by atoms with Crippen molar-refractivity contribution in [3.8, 4) is 0 Å². The fourth-order valence-corrected chi connectivity index (χ4v) is 3.03. The number of aryl methyl sites for hydroxylation is 1. The molecule has 0 fully saturated rings. The lowest BCUT2D eigenvalue weighted by Crippen LogP contribution is -2.11. The molecule has 0 unspecified atom stereocenters. The largest absolute Gasteiger partial charge is 0.416 e. The molecule has 2 aromatic rings. The molecule has 0 atom stereocenters. The Hall–Kier alpha value is -1.46. The molecule has 0 heterocycles. The van der Waals surface area contributed by atoms with Gasteiger partial charge in [-0.1, -0.05) is 30.3 Å². The predicted molar refractivity (Wildman–Crippen MR) is 80.1 cm³/mol. The first-order chi connectivity index (χ1) is 9.91. The molecule has 2 N–H and O–H groups in total. The van der Waals surface area contributed by atoms with Gasteiger partial charge in [0.2, 0.25) is 0 Å². The molecular weight excluding hydrogens is 295 g/mol. The van der Waals surface area contributed by atoms with E-state index in [4.69, 9.17) is 5.73 Å². The van der Waals surface area contributed by atoms with Crippen molar-refractivity contribution in [1.82, 2.24) is 0 Å². The summed E-state index contributed by atoms with van der Waals surface area (Å²) in [5.41, 5.74) is 7.13. The van der Waals surface area contributed by atoms with Gasteiger partial charge in [0.15, 0.2) is 0 Å². The summed E-state index contributed by atoms with van der Waals surface area (Å²) in [6, 6.07) is 12.2. The molecule has 0 aliphatic heterocycles. The maximum absolute atomic E-state index is 13.0. The highest BCUT2D eigenvalue weighted by Gasteiger charge is 2.33. The van der Waals surface area contributed by atoms with E-state index in [1.165, 1.54) is 23.9 Å². The monoisotopic (exact) mass is 311 g/mol. The Labute approximate surface area is 126 Å². The Balaban J connectivity index is 2.20. The van der Waals surface area contributed by atoms with Gasteiger partial charge in [0.05, 0.1) is 5.56 Å². The van der Waals surface area contributed by atoms with Crippen LogP contribution in [0.4, 0.5) is 13.2 Å². The first-order valence-electron chi connectivity index (χ1n) is 6.49. The smallest absolute Gasteiger partial charge is 0.326 e. The van der Waals surface area contributed by atoms with Gasteiger partial charge >= 0.3 is 6.18 Å². The van der Waals surface area contributed by atoms with Crippen LogP contribution in [0.3, 0.4) is 0 Å². The number of rotatable bonds is 4. The minimum Gasteiger partial charge on any atom is -0.326 e. The summed E-state index contributed by atoms with van der Waals surface area (Å²) < 4.78 is 38.9. The molecule has 0 saturated heterocycles. The minimum absolute atomic E-state index is 0.114. The molecule has 0 amide bonds. The number of hydrogen-bond donors (Lipinski definition) is 1. The first kappa shape index (κ1) is 15.9. The SMILES string of the molecule is Cc1ccccc1CSc1ccc(CN)c(C(F)(F)F)c1. The van der Waals surface area contributed by atoms with E-state index in [1.807, 2.05) is 31.2 Å². The highest BCUT2D eigenvalue weighted by molar-refractivity contribution is 7.98. The van der Waals surface area contributed by atoms with Crippen LogP contribution < -0.4 is 5.73 Å². The van der Waals surface area contributed by atoms with Crippen molar-refractivity contribution in [1.29, 1.82) is 0 Å². The fourth-order valence-electron chi connectivity index (χ4n) is 2.02. The third-order valence-electron chi connectivity index (χ3n) is 3.26. The molecule has 0 saturated carbocycles. The molecule has 112 valence electrons. The van der Waals surface area contributed by atoms with Crippen LogP contribution in [-0.2, 0) is 18.5 Å². The third kappa shape index (κ3) is 4.02. The van der Waals surface area contributed by atoms with Crippen LogP contribution in [0.15, 0.2) is 47.4 Å². The second-order valence-corrected chi connectivity index (χ2v) is 5.78. The summed E-state index contributed by atoms with van der Waals surface area (Å²) in [5.74, 6) is 0.645. The number of hydrogen-bond acceptors (Lipinski definition) is 2. The van der Waals surface area contributed by atoms with E-state index in [-0.39, 0.29) is 12.1 Å². The van der Waals surface area contributed by atoms with E-state index in [2.05, 4.69) is 0 Å². The van der Waals surface area contributed by atoms with Crippen LogP contribution >= 0.6 is 11.8 Å². The second-order valence-electron chi connectivity index (χ2n) is 4.74. The Morgan fingerprint density at radius 1 is 1.05 bits per heavy atom. The van der Waals surface area contributed by atoms with E-state index >= 15 is 0 Å². The van der Waals surface area contributed by atoms with Crippen molar-refractivity contribution in [3.05, 3.63) is 64.7 Å². The Morgan fingerprint density at radius 3 is 2.38 bits per heavy atom. The van der Waals surface area contributed by atoms with Crippen LogP contribution in [0, 0.1) is 6.92 Å². The third-order valence-corrected chi connectivity index (χ3v) is 4.30. The number of nitrogens with two attached hydrogens (primary N) is 1. The molecule has 0 aliphatic rings. The predicted octanol–water partition coefficient (Wildman–Crippen LogP) is 4.76. The standard InChI is InChI=1S/C16H16F3NS/c1-11-4-2-3-5-13(11)10-21-14-7-6-12(9-20)15(8-14)16(17,18)19/h2-8H,9-10,20H2,1H3. The molecule has 5 heteroatoms. The van der Waals surface area contributed by atoms with Gasteiger partial charge in [-0.15, -0.1) is 11.8 Å². The zero-order chi connectivity index (χ0) is 15.5. The van der Waals surface area contributed by atoms with E-state index < -0.39 is 11.7 Å². The summed E-state index contributed by atoms with van der Waals surface area (Å²) in [6.45, 7) is 1.88. The van der Waals surface area contributed by atoms with E-state index in [0.29, 0.717) is 10.6 Å². The van der Waals surface area contributed by atoms with Crippen LogP contribution in [-0.4, -0.2) is 0 Å². The lowest BCUT2D eigenvalue weighted by Gasteiger charge is -2.13. The molecule has 2 aromatic carbocycles. The van der Waals surface area contributed by atoms with Crippen molar-refractivity contribution < 1.29 is 13.2 Å². The zero-order valence-electron chi connectivity index (χ0n) is 11.6. The van der Waals surface area contributed by atoms with Crippen molar-refractivity contribution in [2.24, 2.45) is 5.73 Å².